The summed E-state index contributed by atoms with van der Waals surface area (Å²) in [6.45, 7) is 6.54. The van der Waals surface area contributed by atoms with Crippen LogP contribution in [0.1, 0.15) is 58.3 Å². The van der Waals surface area contributed by atoms with Gasteiger partial charge in [0.2, 0.25) is 11.8 Å². The van der Waals surface area contributed by atoms with E-state index >= 15 is 0 Å². The van der Waals surface area contributed by atoms with Gasteiger partial charge in [0.1, 0.15) is 5.71 Å². The predicted octanol–water partition coefficient (Wildman–Crippen LogP) is 0.872. The molecule has 0 aromatic heterocycles. The van der Waals surface area contributed by atoms with Gasteiger partial charge in [0, 0.05) is 44.9 Å². The molecule has 0 bridgehead atoms. The van der Waals surface area contributed by atoms with Crippen molar-refractivity contribution in [3.05, 3.63) is 0 Å². The molecule has 0 radical (unpaired) electrons. The van der Waals surface area contributed by atoms with Crippen LogP contribution in [0.3, 0.4) is 0 Å². The number of hydrogen-bond acceptors (Lipinski definition) is 5. The van der Waals surface area contributed by atoms with E-state index in [-0.39, 0.29) is 17.7 Å². The summed E-state index contributed by atoms with van der Waals surface area (Å²) in [7, 11) is 0. The standard InChI is InChI=1S/C20H33N5O3/c1-2-24-11-3-4-16(24)14-21-18(26)7-5-15-9-12-25(13-10-15)20(28)17-6-8-19(27)23-22-17/h15-16H,2-14H2,1H3,(H,21,26)(H,23,27)/t16-/m1/s1. The first kappa shape index (κ1) is 20.8. The van der Waals surface area contributed by atoms with Crippen LogP contribution in [-0.4, -0.2) is 72.0 Å². The Labute approximate surface area is 167 Å². The molecular weight excluding hydrogens is 358 g/mol. The number of likely N-dealkylation sites (N-methyl/N-ethyl adjacent to an activating group) is 1. The fourth-order valence-corrected chi connectivity index (χ4v) is 4.43. The highest BCUT2D eigenvalue weighted by Gasteiger charge is 2.28. The average molecular weight is 392 g/mol. The maximum atomic E-state index is 12.5. The zero-order valence-electron chi connectivity index (χ0n) is 16.9. The number of likely N-dealkylation sites (tertiary alicyclic amines) is 2. The molecule has 3 heterocycles. The van der Waals surface area contributed by atoms with Crippen LogP contribution in [0.25, 0.3) is 0 Å². The van der Waals surface area contributed by atoms with E-state index in [9.17, 15) is 14.4 Å². The first-order valence-corrected chi connectivity index (χ1v) is 10.7. The number of piperidine rings is 1. The van der Waals surface area contributed by atoms with Crippen molar-refractivity contribution in [3.8, 4) is 0 Å². The maximum Gasteiger partial charge on any atom is 0.270 e. The molecule has 0 spiro atoms. The fraction of sp³-hybridized carbons (Fsp3) is 0.800. The molecule has 8 heteroatoms. The number of carbonyl (C=O) groups excluding carboxylic acids is 3. The van der Waals surface area contributed by atoms with Crippen LogP contribution in [0.2, 0.25) is 0 Å². The largest absolute Gasteiger partial charge is 0.355 e. The molecule has 3 aliphatic heterocycles. The third-order valence-electron chi connectivity index (χ3n) is 6.27. The third kappa shape index (κ3) is 5.53. The summed E-state index contributed by atoms with van der Waals surface area (Å²) in [4.78, 5) is 40.1. The Balaban J connectivity index is 1.32. The maximum absolute atomic E-state index is 12.5. The fourth-order valence-electron chi connectivity index (χ4n) is 4.43. The van der Waals surface area contributed by atoms with Crippen molar-refractivity contribution in [2.75, 3.05) is 32.7 Å². The summed E-state index contributed by atoms with van der Waals surface area (Å²) in [5, 5.41) is 7.00. The molecule has 0 aromatic carbocycles. The number of hydrazone groups is 1. The van der Waals surface area contributed by atoms with E-state index in [4.69, 9.17) is 0 Å². The van der Waals surface area contributed by atoms with Gasteiger partial charge in [-0.25, -0.2) is 5.43 Å². The molecule has 0 unspecified atom stereocenters. The minimum absolute atomic E-state index is 0.0618. The van der Waals surface area contributed by atoms with Gasteiger partial charge < -0.3 is 10.2 Å². The van der Waals surface area contributed by atoms with Crippen LogP contribution in [-0.2, 0) is 14.4 Å². The number of nitrogens with zero attached hydrogens (tertiary/aromatic N) is 3. The minimum atomic E-state index is -0.135. The smallest absolute Gasteiger partial charge is 0.270 e. The van der Waals surface area contributed by atoms with Crippen molar-refractivity contribution in [1.29, 1.82) is 0 Å². The first-order chi connectivity index (χ1) is 13.6. The highest BCUT2D eigenvalue weighted by Crippen LogP contribution is 2.23. The Bertz CT molecular complexity index is 613. The molecule has 2 fully saturated rings. The second-order valence-corrected chi connectivity index (χ2v) is 8.10. The number of rotatable bonds is 7. The Morgan fingerprint density at radius 3 is 2.64 bits per heavy atom. The van der Waals surface area contributed by atoms with Gasteiger partial charge in [-0.3, -0.25) is 19.3 Å². The number of hydrogen-bond donors (Lipinski definition) is 2. The SMILES string of the molecule is CCN1CCC[C@@H]1CNC(=O)CCC1CCN(C(=O)C2=NNC(=O)CC2)CC1. The molecule has 1 atom stereocenters. The zero-order valence-corrected chi connectivity index (χ0v) is 16.9. The highest BCUT2D eigenvalue weighted by molar-refractivity contribution is 6.39. The number of nitrogens with one attached hydrogen (secondary N) is 2. The summed E-state index contributed by atoms with van der Waals surface area (Å²) >= 11 is 0. The van der Waals surface area contributed by atoms with E-state index in [1.165, 1.54) is 12.8 Å². The molecule has 156 valence electrons. The third-order valence-corrected chi connectivity index (χ3v) is 6.27. The molecule has 3 rings (SSSR count). The van der Waals surface area contributed by atoms with Gasteiger partial charge in [-0.2, -0.15) is 5.10 Å². The van der Waals surface area contributed by atoms with Crippen LogP contribution < -0.4 is 10.7 Å². The highest BCUT2D eigenvalue weighted by atomic mass is 16.2. The van der Waals surface area contributed by atoms with E-state index in [1.807, 2.05) is 4.90 Å². The van der Waals surface area contributed by atoms with E-state index in [0.29, 0.717) is 50.0 Å². The molecule has 2 N–H and O–H groups in total. The molecule has 2 saturated heterocycles. The summed E-state index contributed by atoms with van der Waals surface area (Å²) in [5.74, 6) is 0.437. The Morgan fingerprint density at radius 2 is 1.96 bits per heavy atom. The van der Waals surface area contributed by atoms with Gasteiger partial charge >= 0.3 is 0 Å². The van der Waals surface area contributed by atoms with Crippen LogP contribution in [0.4, 0.5) is 0 Å². The van der Waals surface area contributed by atoms with E-state index < -0.39 is 0 Å². The zero-order chi connectivity index (χ0) is 19.9. The minimum Gasteiger partial charge on any atom is -0.355 e. The molecule has 0 aromatic rings. The lowest BCUT2D eigenvalue weighted by Crippen LogP contribution is -2.44. The summed E-state index contributed by atoms with van der Waals surface area (Å²) in [6.07, 6.45) is 6.44. The molecule has 0 aliphatic carbocycles. The van der Waals surface area contributed by atoms with Gasteiger partial charge in [0.15, 0.2) is 0 Å². The van der Waals surface area contributed by atoms with Crippen LogP contribution in [0, 0.1) is 5.92 Å². The summed E-state index contributed by atoms with van der Waals surface area (Å²) in [5.41, 5.74) is 2.84. The van der Waals surface area contributed by atoms with Crippen molar-refractivity contribution in [2.45, 2.75) is 64.3 Å². The second-order valence-electron chi connectivity index (χ2n) is 8.10. The molecule has 3 aliphatic rings. The quantitative estimate of drug-likeness (QED) is 0.673. The lowest BCUT2D eigenvalue weighted by molar-refractivity contribution is -0.126. The van der Waals surface area contributed by atoms with E-state index in [2.05, 4.69) is 27.7 Å². The summed E-state index contributed by atoms with van der Waals surface area (Å²) in [6, 6.07) is 0.496. The molecule has 28 heavy (non-hydrogen) atoms. The summed E-state index contributed by atoms with van der Waals surface area (Å²) < 4.78 is 0. The van der Waals surface area contributed by atoms with Crippen molar-refractivity contribution in [2.24, 2.45) is 11.0 Å². The van der Waals surface area contributed by atoms with Crippen molar-refractivity contribution in [1.82, 2.24) is 20.5 Å². The van der Waals surface area contributed by atoms with Gasteiger partial charge in [-0.15, -0.1) is 0 Å². The normalized spacial score (nSPS) is 24.0. The number of carbonyl (C=O) groups is 3. The second kappa shape index (κ2) is 10.0. The topological polar surface area (TPSA) is 94.1 Å². The molecule has 0 saturated carbocycles. The monoisotopic (exact) mass is 391 g/mol. The van der Waals surface area contributed by atoms with E-state index in [1.54, 1.807) is 0 Å². The van der Waals surface area contributed by atoms with Crippen LogP contribution in [0.15, 0.2) is 5.10 Å². The number of amides is 3. The Morgan fingerprint density at radius 1 is 1.18 bits per heavy atom. The predicted molar refractivity (Wildman–Crippen MR) is 107 cm³/mol. The Hall–Kier alpha value is -1.96. The average Bonchev–Trinajstić information content (AvgIpc) is 3.19. The Kier molecular flexibility index (Phi) is 7.42. The lowest BCUT2D eigenvalue weighted by atomic mass is 9.91. The molecule has 3 amide bonds. The van der Waals surface area contributed by atoms with Gasteiger partial charge in [-0.05, 0) is 51.1 Å². The van der Waals surface area contributed by atoms with Crippen LogP contribution >= 0.6 is 0 Å². The van der Waals surface area contributed by atoms with Crippen molar-refractivity contribution < 1.29 is 14.4 Å². The lowest BCUT2D eigenvalue weighted by Gasteiger charge is -2.32. The van der Waals surface area contributed by atoms with Crippen molar-refractivity contribution >= 4 is 23.4 Å². The molecule has 8 nitrogen and oxygen atoms in total. The van der Waals surface area contributed by atoms with Gasteiger partial charge in [0.05, 0.1) is 0 Å². The van der Waals surface area contributed by atoms with Gasteiger partial charge in [-0.1, -0.05) is 6.92 Å². The molecular formula is C20H33N5O3. The van der Waals surface area contributed by atoms with Crippen molar-refractivity contribution in [3.63, 3.8) is 0 Å². The van der Waals surface area contributed by atoms with Crippen LogP contribution in [0.5, 0.6) is 0 Å². The van der Waals surface area contributed by atoms with Gasteiger partial charge in [0.25, 0.3) is 5.91 Å². The first-order valence-electron chi connectivity index (χ1n) is 10.7. The van der Waals surface area contributed by atoms with E-state index in [0.717, 1.165) is 38.9 Å².